The lowest BCUT2D eigenvalue weighted by Gasteiger charge is -2.31. The number of carbonyl (C=O) groups excluding carboxylic acids is 2. The van der Waals surface area contributed by atoms with Crippen LogP contribution in [0, 0.1) is 12.7 Å². The summed E-state index contributed by atoms with van der Waals surface area (Å²) in [6, 6.07) is 31.1. The molecule has 2 amide bonds. The van der Waals surface area contributed by atoms with Crippen LogP contribution >= 0.6 is 0 Å². The van der Waals surface area contributed by atoms with Crippen LogP contribution in [0.4, 0.5) is 4.39 Å². The van der Waals surface area contributed by atoms with Gasteiger partial charge in [0.15, 0.2) is 6.61 Å². The van der Waals surface area contributed by atoms with Crippen molar-refractivity contribution in [3.05, 3.63) is 137 Å². The lowest BCUT2D eigenvalue weighted by molar-refractivity contribution is -0.143. The van der Waals surface area contributed by atoms with E-state index in [2.05, 4.69) is 5.32 Å². The Bertz CT molecular complexity index is 1290. The molecule has 4 rings (SSSR count). The molecule has 0 saturated carbocycles. The van der Waals surface area contributed by atoms with Gasteiger partial charge in [-0.25, -0.2) is 4.39 Å². The second kappa shape index (κ2) is 12.5. The van der Waals surface area contributed by atoms with Gasteiger partial charge >= 0.3 is 0 Å². The van der Waals surface area contributed by atoms with E-state index in [9.17, 15) is 14.0 Å². The van der Waals surface area contributed by atoms with Gasteiger partial charge in [-0.15, -0.1) is 0 Å². The maximum absolute atomic E-state index is 13.6. The van der Waals surface area contributed by atoms with Gasteiger partial charge in [-0.2, -0.15) is 0 Å². The lowest BCUT2D eigenvalue weighted by Crippen LogP contribution is -2.45. The number of para-hydroxylation sites is 1. The molecular weight excluding hydrogens is 467 g/mol. The van der Waals surface area contributed by atoms with E-state index >= 15 is 0 Å². The molecule has 5 nitrogen and oxygen atoms in total. The largest absolute Gasteiger partial charge is 0.484 e. The van der Waals surface area contributed by atoms with E-state index in [4.69, 9.17) is 4.74 Å². The Balaban J connectivity index is 1.62. The van der Waals surface area contributed by atoms with Crippen LogP contribution in [0.2, 0.25) is 0 Å². The molecule has 0 bridgehead atoms. The van der Waals surface area contributed by atoms with Crippen LogP contribution in [0.15, 0.2) is 109 Å². The minimum atomic E-state index is -0.913. The summed E-state index contributed by atoms with van der Waals surface area (Å²) in [7, 11) is 0. The molecule has 4 aromatic rings. The first kappa shape index (κ1) is 25.6. The molecule has 0 radical (unpaired) electrons. The number of nitrogens with one attached hydrogen (secondary N) is 1. The van der Waals surface area contributed by atoms with E-state index in [0.29, 0.717) is 23.4 Å². The van der Waals surface area contributed by atoms with E-state index in [0.717, 1.165) is 11.1 Å². The van der Waals surface area contributed by atoms with Gasteiger partial charge in [0.2, 0.25) is 5.91 Å². The zero-order chi connectivity index (χ0) is 26.0. The molecule has 0 aromatic heterocycles. The van der Waals surface area contributed by atoms with Gasteiger partial charge in [0.05, 0.1) is 0 Å². The third-order valence-corrected chi connectivity index (χ3v) is 5.95. The molecule has 0 spiro atoms. The number of hydrogen-bond acceptors (Lipinski definition) is 3. The monoisotopic (exact) mass is 496 g/mol. The zero-order valence-electron chi connectivity index (χ0n) is 20.6. The molecule has 0 aliphatic rings. The first-order chi connectivity index (χ1) is 18.0. The molecular formula is C31H29FN2O3. The Labute approximate surface area is 216 Å². The quantitative estimate of drug-likeness (QED) is 0.311. The predicted octanol–water partition coefficient (Wildman–Crippen LogP) is 5.60. The predicted molar refractivity (Wildman–Crippen MR) is 141 cm³/mol. The Kier molecular flexibility index (Phi) is 8.66. The standard InChI is InChI=1S/C31H29FN2O3/c1-23-12-14-24(15-13-23)20-33-31(36)30(26-8-4-2-5-9-26)34(21-25-16-18-27(32)19-17-25)29(35)22-37-28-10-6-3-7-11-28/h2-19,30H,20-22H2,1H3,(H,33,36). The molecule has 6 heteroatoms. The van der Waals surface area contributed by atoms with Crippen LogP contribution in [0.25, 0.3) is 0 Å². The fraction of sp³-hybridized carbons (Fsp3) is 0.161. The molecule has 0 aliphatic carbocycles. The maximum Gasteiger partial charge on any atom is 0.261 e. The molecule has 188 valence electrons. The van der Waals surface area contributed by atoms with Crippen LogP contribution in [-0.4, -0.2) is 23.3 Å². The third-order valence-electron chi connectivity index (χ3n) is 5.95. The number of hydrogen-bond donors (Lipinski definition) is 1. The van der Waals surface area contributed by atoms with E-state index in [1.54, 1.807) is 24.3 Å². The fourth-order valence-electron chi connectivity index (χ4n) is 3.95. The average Bonchev–Trinajstić information content (AvgIpc) is 2.93. The summed E-state index contributed by atoms with van der Waals surface area (Å²) >= 11 is 0. The summed E-state index contributed by atoms with van der Waals surface area (Å²) < 4.78 is 19.3. The number of amides is 2. The summed E-state index contributed by atoms with van der Waals surface area (Å²) in [5.74, 6) is -0.503. The van der Waals surface area contributed by atoms with Crippen LogP contribution < -0.4 is 10.1 Å². The number of nitrogens with zero attached hydrogens (tertiary/aromatic N) is 1. The lowest BCUT2D eigenvalue weighted by atomic mass is 10.0. The maximum atomic E-state index is 13.6. The molecule has 0 heterocycles. The number of aryl methyl sites for hydroxylation is 1. The van der Waals surface area contributed by atoms with E-state index in [-0.39, 0.29) is 30.8 Å². The van der Waals surface area contributed by atoms with E-state index < -0.39 is 6.04 Å². The number of ether oxygens (including phenoxy) is 1. The molecule has 4 aromatic carbocycles. The van der Waals surface area contributed by atoms with Crippen molar-refractivity contribution in [2.75, 3.05) is 6.61 Å². The highest BCUT2D eigenvalue weighted by atomic mass is 19.1. The van der Waals surface area contributed by atoms with Gasteiger partial charge in [-0.1, -0.05) is 90.5 Å². The van der Waals surface area contributed by atoms with Crippen molar-refractivity contribution in [2.24, 2.45) is 0 Å². The molecule has 0 saturated heterocycles. The summed E-state index contributed by atoms with van der Waals surface area (Å²) in [5.41, 5.74) is 3.45. The van der Waals surface area contributed by atoms with Crippen molar-refractivity contribution >= 4 is 11.8 Å². The van der Waals surface area contributed by atoms with E-state index in [1.165, 1.54) is 17.0 Å². The minimum absolute atomic E-state index is 0.106. The number of halogens is 1. The van der Waals surface area contributed by atoms with Gasteiger partial charge in [-0.3, -0.25) is 9.59 Å². The Morgan fingerprint density at radius 2 is 1.41 bits per heavy atom. The van der Waals surface area contributed by atoms with Crippen LogP contribution in [0.3, 0.4) is 0 Å². The topological polar surface area (TPSA) is 58.6 Å². The van der Waals surface area contributed by atoms with Crippen molar-refractivity contribution in [3.8, 4) is 5.75 Å². The molecule has 1 atom stereocenters. The first-order valence-corrected chi connectivity index (χ1v) is 12.1. The number of benzene rings is 4. The summed E-state index contributed by atoms with van der Waals surface area (Å²) in [6.45, 7) is 2.18. The van der Waals surface area contributed by atoms with Crippen molar-refractivity contribution in [3.63, 3.8) is 0 Å². The Morgan fingerprint density at radius 1 is 0.811 bits per heavy atom. The second-order valence-electron chi connectivity index (χ2n) is 8.77. The second-order valence-corrected chi connectivity index (χ2v) is 8.77. The smallest absolute Gasteiger partial charge is 0.261 e. The van der Waals surface area contributed by atoms with Crippen molar-refractivity contribution < 1.29 is 18.7 Å². The first-order valence-electron chi connectivity index (χ1n) is 12.1. The molecule has 0 aliphatic heterocycles. The van der Waals surface area contributed by atoms with Gasteiger partial charge in [-0.05, 0) is 47.9 Å². The molecule has 1 unspecified atom stereocenters. The normalized spacial score (nSPS) is 11.4. The zero-order valence-corrected chi connectivity index (χ0v) is 20.6. The van der Waals surface area contributed by atoms with Crippen molar-refractivity contribution in [1.82, 2.24) is 10.2 Å². The minimum Gasteiger partial charge on any atom is -0.484 e. The summed E-state index contributed by atoms with van der Waals surface area (Å²) in [6.07, 6.45) is 0. The van der Waals surface area contributed by atoms with Gasteiger partial charge in [0.25, 0.3) is 5.91 Å². The highest BCUT2D eigenvalue weighted by molar-refractivity contribution is 5.89. The summed E-state index contributed by atoms with van der Waals surface area (Å²) in [4.78, 5) is 28.7. The molecule has 1 N–H and O–H groups in total. The average molecular weight is 497 g/mol. The Morgan fingerprint density at radius 3 is 2.05 bits per heavy atom. The molecule has 37 heavy (non-hydrogen) atoms. The summed E-state index contributed by atoms with van der Waals surface area (Å²) in [5, 5.41) is 2.99. The number of carbonyl (C=O) groups is 2. The van der Waals surface area contributed by atoms with E-state index in [1.807, 2.05) is 79.7 Å². The highest BCUT2D eigenvalue weighted by Crippen LogP contribution is 2.25. The molecule has 0 fully saturated rings. The van der Waals surface area contributed by atoms with Gasteiger partial charge < -0.3 is 15.0 Å². The highest BCUT2D eigenvalue weighted by Gasteiger charge is 2.31. The van der Waals surface area contributed by atoms with Crippen LogP contribution in [0.5, 0.6) is 5.75 Å². The van der Waals surface area contributed by atoms with Gasteiger partial charge in [0, 0.05) is 13.1 Å². The fourth-order valence-corrected chi connectivity index (χ4v) is 3.95. The van der Waals surface area contributed by atoms with Gasteiger partial charge in [0.1, 0.15) is 17.6 Å². The van der Waals surface area contributed by atoms with Crippen molar-refractivity contribution in [1.29, 1.82) is 0 Å². The van der Waals surface area contributed by atoms with Crippen molar-refractivity contribution in [2.45, 2.75) is 26.1 Å². The van der Waals surface area contributed by atoms with Crippen LogP contribution in [0.1, 0.15) is 28.3 Å². The SMILES string of the molecule is Cc1ccc(CNC(=O)C(c2ccccc2)N(Cc2ccc(F)cc2)C(=O)COc2ccccc2)cc1. The third kappa shape index (κ3) is 7.27. The van der Waals surface area contributed by atoms with Crippen LogP contribution in [-0.2, 0) is 22.7 Å². The Hall–Kier alpha value is -4.45. The number of rotatable bonds is 10.